The third-order valence-corrected chi connectivity index (χ3v) is 2.88. The second-order valence-electron chi connectivity index (χ2n) is 3.08. The minimum absolute atomic E-state index is 0.249. The Morgan fingerprint density at radius 1 is 1.27 bits per heavy atom. The number of sulfone groups is 1. The third-order valence-electron chi connectivity index (χ3n) is 1.75. The molecule has 15 heavy (non-hydrogen) atoms. The highest BCUT2D eigenvalue weighted by atomic mass is 32.2. The quantitative estimate of drug-likeness (QED) is 0.765. The lowest BCUT2D eigenvalue weighted by atomic mass is 10.2. The second kappa shape index (κ2) is 4.27. The Morgan fingerprint density at radius 3 is 2.20 bits per heavy atom. The van der Waals surface area contributed by atoms with E-state index in [1.54, 1.807) is 12.1 Å². The molecule has 0 radical (unpaired) electrons. The molecular formula is C10H11NO3S. The van der Waals surface area contributed by atoms with E-state index >= 15 is 0 Å². The zero-order chi connectivity index (χ0) is 11.5. The van der Waals surface area contributed by atoms with Gasteiger partial charge in [-0.1, -0.05) is 12.1 Å². The van der Waals surface area contributed by atoms with E-state index in [1.807, 2.05) is 0 Å². The van der Waals surface area contributed by atoms with Gasteiger partial charge >= 0.3 is 0 Å². The van der Waals surface area contributed by atoms with Crippen molar-refractivity contribution in [2.45, 2.75) is 4.90 Å². The lowest BCUT2D eigenvalue weighted by Crippen LogP contribution is -2.05. The third kappa shape index (κ3) is 3.55. The van der Waals surface area contributed by atoms with Gasteiger partial charge in [0.15, 0.2) is 9.84 Å². The van der Waals surface area contributed by atoms with Crippen molar-refractivity contribution >= 4 is 21.8 Å². The molecule has 0 atom stereocenters. The van der Waals surface area contributed by atoms with Gasteiger partial charge in [0.2, 0.25) is 5.91 Å². The number of hydrogen-bond donors (Lipinski definition) is 1. The topological polar surface area (TPSA) is 77.2 Å². The van der Waals surface area contributed by atoms with E-state index in [0.29, 0.717) is 0 Å². The zero-order valence-corrected chi connectivity index (χ0v) is 8.99. The van der Waals surface area contributed by atoms with Crippen molar-refractivity contribution in [3.05, 3.63) is 35.9 Å². The fourth-order valence-corrected chi connectivity index (χ4v) is 1.63. The lowest BCUT2D eigenvalue weighted by Gasteiger charge is -1.98. The van der Waals surface area contributed by atoms with Crippen LogP contribution in [0, 0.1) is 0 Å². The summed E-state index contributed by atoms with van der Waals surface area (Å²) in [5.41, 5.74) is 5.64. The summed E-state index contributed by atoms with van der Waals surface area (Å²) in [5, 5.41) is 0. The maximum absolute atomic E-state index is 11.1. The average molecular weight is 225 g/mol. The number of amides is 1. The first-order valence-corrected chi connectivity index (χ1v) is 6.06. The van der Waals surface area contributed by atoms with E-state index in [-0.39, 0.29) is 4.90 Å². The number of carbonyl (C=O) groups is 1. The molecule has 0 aromatic heterocycles. The number of carbonyl (C=O) groups excluding carboxylic acids is 1. The van der Waals surface area contributed by atoms with Gasteiger partial charge in [-0.3, -0.25) is 4.79 Å². The van der Waals surface area contributed by atoms with Gasteiger partial charge in [-0.05, 0) is 23.8 Å². The Kier molecular flexibility index (Phi) is 3.26. The number of primary amides is 1. The number of nitrogens with two attached hydrogens (primary N) is 1. The first kappa shape index (κ1) is 11.5. The summed E-state index contributed by atoms with van der Waals surface area (Å²) in [5.74, 6) is -0.540. The Hall–Kier alpha value is -1.62. The van der Waals surface area contributed by atoms with Gasteiger partial charge in [-0.15, -0.1) is 0 Å². The standard InChI is InChI=1S/C10H11NO3S/c1-15(13,14)9-5-2-8(3-6-9)4-7-10(11)12/h2-7H,1H3,(H2,11,12)/b7-4-. The van der Waals surface area contributed by atoms with Crippen molar-refractivity contribution < 1.29 is 13.2 Å². The van der Waals surface area contributed by atoms with E-state index in [4.69, 9.17) is 5.73 Å². The van der Waals surface area contributed by atoms with E-state index in [1.165, 1.54) is 24.3 Å². The normalized spacial score (nSPS) is 11.8. The SMILES string of the molecule is CS(=O)(=O)c1ccc(/C=C\C(N)=O)cc1. The maximum Gasteiger partial charge on any atom is 0.241 e. The van der Waals surface area contributed by atoms with Crippen LogP contribution < -0.4 is 5.73 Å². The van der Waals surface area contributed by atoms with Crippen LogP contribution in [-0.2, 0) is 14.6 Å². The highest BCUT2D eigenvalue weighted by Gasteiger charge is 2.04. The summed E-state index contributed by atoms with van der Waals surface area (Å²) in [6.07, 6.45) is 3.88. The summed E-state index contributed by atoms with van der Waals surface area (Å²) >= 11 is 0. The van der Waals surface area contributed by atoms with Crippen LogP contribution in [-0.4, -0.2) is 20.6 Å². The molecule has 80 valence electrons. The molecule has 2 N–H and O–H groups in total. The molecule has 0 aliphatic carbocycles. The van der Waals surface area contributed by atoms with Crippen LogP contribution in [0.3, 0.4) is 0 Å². The van der Waals surface area contributed by atoms with Crippen molar-refractivity contribution in [1.82, 2.24) is 0 Å². The fraction of sp³-hybridized carbons (Fsp3) is 0.100. The maximum atomic E-state index is 11.1. The molecule has 0 spiro atoms. The molecule has 0 saturated carbocycles. The van der Waals surface area contributed by atoms with Crippen LogP contribution in [0.4, 0.5) is 0 Å². The van der Waals surface area contributed by atoms with Crippen LogP contribution in [0.2, 0.25) is 0 Å². The molecule has 1 aromatic carbocycles. The fourth-order valence-electron chi connectivity index (χ4n) is 1.00. The second-order valence-corrected chi connectivity index (χ2v) is 5.09. The van der Waals surface area contributed by atoms with Crippen LogP contribution >= 0.6 is 0 Å². The van der Waals surface area contributed by atoms with Crippen LogP contribution in [0.5, 0.6) is 0 Å². The Bertz CT molecular complexity index is 486. The monoisotopic (exact) mass is 225 g/mol. The van der Waals surface area contributed by atoms with Crippen molar-refractivity contribution in [2.24, 2.45) is 5.73 Å². The molecule has 0 aliphatic rings. The highest BCUT2D eigenvalue weighted by Crippen LogP contribution is 2.11. The van der Waals surface area contributed by atoms with Crippen LogP contribution in [0.15, 0.2) is 35.2 Å². The molecule has 5 heteroatoms. The van der Waals surface area contributed by atoms with Crippen molar-refractivity contribution in [3.63, 3.8) is 0 Å². The largest absolute Gasteiger partial charge is 0.366 e. The summed E-state index contributed by atoms with van der Waals surface area (Å²) in [6.45, 7) is 0. The lowest BCUT2D eigenvalue weighted by molar-refractivity contribution is -0.113. The number of benzene rings is 1. The molecule has 1 aromatic rings. The molecule has 0 saturated heterocycles. The van der Waals surface area contributed by atoms with Crippen molar-refractivity contribution in [2.75, 3.05) is 6.26 Å². The molecule has 1 amide bonds. The van der Waals surface area contributed by atoms with Crippen LogP contribution in [0.25, 0.3) is 6.08 Å². The summed E-state index contributed by atoms with van der Waals surface area (Å²) in [6, 6.07) is 6.18. The van der Waals surface area contributed by atoms with Crippen LogP contribution in [0.1, 0.15) is 5.56 Å². The van der Waals surface area contributed by atoms with E-state index < -0.39 is 15.7 Å². The summed E-state index contributed by atoms with van der Waals surface area (Å²) in [4.78, 5) is 10.7. The molecule has 0 bridgehead atoms. The Morgan fingerprint density at radius 2 is 1.80 bits per heavy atom. The van der Waals surface area contributed by atoms with Gasteiger partial charge in [0.05, 0.1) is 4.90 Å². The van der Waals surface area contributed by atoms with Gasteiger partial charge < -0.3 is 5.73 Å². The van der Waals surface area contributed by atoms with E-state index in [0.717, 1.165) is 11.8 Å². The van der Waals surface area contributed by atoms with Gasteiger partial charge in [0.1, 0.15) is 0 Å². The smallest absolute Gasteiger partial charge is 0.241 e. The van der Waals surface area contributed by atoms with E-state index in [9.17, 15) is 13.2 Å². The van der Waals surface area contributed by atoms with Gasteiger partial charge in [-0.2, -0.15) is 0 Å². The van der Waals surface area contributed by atoms with Gasteiger partial charge in [-0.25, -0.2) is 8.42 Å². The average Bonchev–Trinajstić information content (AvgIpc) is 2.14. The summed E-state index contributed by atoms with van der Waals surface area (Å²) < 4.78 is 22.2. The van der Waals surface area contributed by atoms with Crippen molar-refractivity contribution in [3.8, 4) is 0 Å². The minimum atomic E-state index is -3.17. The molecule has 0 fully saturated rings. The summed E-state index contributed by atoms with van der Waals surface area (Å²) in [7, 11) is -3.17. The molecular weight excluding hydrogens is 214 g/mol. The number of rotatable bonds is 3. The predicted molar refractivity (Wildman–Crippen MR) is 57.8 cm³/mol. The molecule has 1 rings (SSSR count). The van der Waals surface area contributed by atoms with Crippen molar-refractivity contribution in [1.29, 1.82) is 0 Å². The predicted octanol–water partition coefficient (Wildman–Crippen LogP) is 0.589. The highest BCUT2D eigenvalue weighted by molar-refractivity contribution is 7.90. The minimum Gasteiger partial charge on any atom is -0.366 e. The first-order chi connectivity index (χ1) is 6.89. The number of hydrogen-bond acceptors (Lipinski definition) is 3. The van der Waals surface area contributed by atoms with Gasteiger partial charge in [0, 0.05) is 12.3 Å². The molecule has 4 nitrogen and oxygen atoms in total. The molecule has 0 heterocycles. The Labute approximate surface area is 88.3 Å². The zero-order valence-electron chi connectivity index (χ0n) is 8.17. The molecule has 0 aliphatic heterocycles. The first-order valence-electron chi connectivity index (χ1n) is 4.17. The van der Waals surface area contributed by atoms with E-state index in [2.05, 4.69) is 0 Å². The Balaban J connectivity index is 2.96. The van der Waals surface area contributed by atoms with Gasteiger partial charge in [0.25, 0.3) is 0 Å². The molecule has 0 unspecified atom stereocenters.